The van der Waals surface area contributed by atoms with Gasteiger partial charge in [0.1, 0.15) is 5.75 Å². The first kappa shape index (κ1) is 31.3. The van der Waals surface area contributed by atoms with E-state index in [4.69, 9.17) is 14.6 Å². The van der Waals surface area contributed by atoms with Crippen molar-refractivity contribution in [1.29, 1.82) is 0 Å². The largest absolute Gasteiger partial charge is 0.508 e. The van der Waals surface area contributed by atoms with Crippen molar-refractivity contribution >= 4 is 45.0 Å². The molecule has 0 aliphatic carbocycles. The van der Waals surface area contributed by atoms with Gasteiger partial charge in [0.15, 0.2) is 5.78 Å². The Balaban J connectivity index is 1.24. The van der Waals surface area contributed by atoms with Crippen molar-refractivity contribution < 1.29 is 27.8 Å². The lowest BCUT2D eigenvalue weighted by Gasteiger charge is -2.12. The van der Waals surface area contributed by atoms with Gasteiger partial charge in [-0.2, -0.15) is 15.0 Å². The summed E-state index contributed by atoms with van der Waals surface area (Å²) in [4.78, 5) is 25.2. The molecule has 1 aromatic heterocycles. The number of rotatable bonds is 17. The second-order valence-corrected chi connectivity index (χ2v) is 10.8. The van der Waals surface area contributed by atoms with Crippen LogP contribution in [0.15, 0.2) is 83.8 Å². The van der Waals surface area contributed by atoms with Crippen molar-refractivity contribution in [1.82, 2.24) is 15.0 Å². The molecule has 0 bridgehead atoms. The molecule has 1 heterocycles. The van der Waals surface area contributed by atoms with Crippen molar-refractivity contribution in [3.05, 3.63) is 84.4 Å². The number of hydrogen-bond acceptors (Lipinski definition) is 12. The summed E-state index contributed by atoms with van der Waals surface area (Å²) in [7, 11) is -3.82. The first-order valence-electron chi connectivity index (χ1n) is 13.5. The Labute approximate surface area is 249 Å². The van der Waals surface area contributed by atoms with Crippen LogP contribution in [-0.2, 0) is 19.5 Å². The van der Waals surface area contributed by atoms with Crippen molar-refractivity contribution in [2.45, 2.75) is 17.7 Å². The summed E-state index contributed by atoms with van der Waals surface area (Å²) < 4.78 is 34.3. The minimum atomic E-state index is -3.82. The van der Waals surface area contributed by atoms with E-state index in [1.165, 1.54) is 24.3 Å². The van der Waals surface area contributed by atoms with Gasteiger partial charge in [-0.25, -0.2) is 13.6 Å². The predicted molar refractivity (Wildman–Crippen MR) is 162 cm³/mol. The molecule has 4 rings (SSSR count). The highest BCUT2D eigenvalue weighted by Gasteiger charge is 2.10. The number of Topliss-reactive ketones (excluding diaryl/α,β-unsaturated/α-hetero) is 1. The molecule has 226 valence electrons. The van der Waals surface area contributed by atoms with E-state index in [1.807, 2.05) is 30.3 Å². The van der Waals surface area contributed by atoms with E-state index >= 15 is 0 Å². The zero-order valence-corrected chi connectivity index (χ0v) is 24.1. The van der Waals surface area contributed by atoms with E-state index < -0.39 is 10.0 Å². The van der Waals surface area contributed by atoms with Crippen LogP contribution in [0, 0.1) is 0 Å². The molecular formula is C29H33N7O6S. The first-order chi connectivity index (χ1) is 20.8. The Morgan fingerprint density at radius 3 is 1.91 bits per heavy atom. The van der Waals surface area contributed by atoms with Crippen LogP contribution in [0.2, 0.25) is 0 Å². The zero-order valence-electron chi connectivity index (χ0n) is 23.3. The highest BCUT2D eigenvalue weighted by molar-refractivity contribution is 7.89. The maximum absolute atomic E-state index is 12.1. The molecule has 43 heavy (non-hydrogen) atoms. The Bertz CT molecular complexity index is 1570. The quantitative estimate of drug-likeness (QED) is 0.0663. The summed E-state index contributed by atoms with van der Waals surface area (Å²) in [6, 6.07) is 21.4. The third-order valence-electron chi connectivity index (χ3n) is 5.89. The van der Waals surface area contributed by atoms with Crippen LogP contribution in [0.1, 0.15) is 23.2 Å². The highest BCUT2D eigenvalue weighted by Crippen LogP contribution is 2.21. The minimum Gasteiger partial charge on any atom is -0.508 e. The molecule has 0 spiro atoms. The zero-order chi connectivity index (χ0) is 30.5. The monoisotopic (exact) mass is 607 g/mol. The summed E-state index contributed by atoms with van der Waals surface area (Å²) >= 11 is 0. The van der Waals surface area contributed by atoms with E-state index in [9.17, 15) is 18.3 Å². The molecule has 0 radical (unpaired) electrons. The predicted octanol–water partition coefficient (Wildman–Crippen LogP) is 3.82. The summed E-state index contributed by atoms with van der Waals surface area (Å²) in [5.41, 5.74) is 1.89. The molecule has 13 nitrogen and oxygen atoms in total. The highest BCUT2D eigenvalue weighted by atomic mass is 32.2. The number of benzene rings is 3. The fraction of sp³-hybridized carbons (Fsp3) is 0.241. The number of nitrogens with two attached hydrogens (primary N) is 1. The van der Waals surface area contributed by atoms with Crippen molar-refractivity contribution in [2.75, 3.05) is 48.9 Å². The Hall–Kier alpha value is -4.63. The number of aromatic nitrogens is 3. The molecule has 0 unspecified atom stereocenters. The number of nitrogens with one attached hydrogen (secondary N) is 3. The number of ether oxygens (including phenoxy) is 2. The second-order valence-electron chi connectivity index (χ2n) is 9.22. The number of anilines is 5. The Morgan fingerprint density at radius 1 is 0.744 bits per heavy atom. The summed E-state index contributed by atoms with van der Waals surface area (Å²) in [6.07, 6.45) is 1.07. The van der Waals surface area contributed by atoms with Gasteiger partial charge in [-0.15, -0.1) is 0 Å². The number of sulfonamides is 1. The molecule has 0 amide bonds. The number of primary sulfonamides is 1. The summed E-state index contributed by atoms with van der Waals surface area (Å²) in [5.74, 6) is 0.916. The minimum absolute atomic E-state index is 0.0192. The fourth-order valence-corrected chi connectivity index (χ4v) is 4.27. The van der Waals surface area contributed by atoms with Crippen LogP contribution in [0.3, 0.4) is 0 Å². The fourth-order valence-electron chi connectivity index (χ4n) is 3.76. The number of ketones is 1. The van der Waals surface area contributed by atoms with Crippen LogP contribution >= 0.6 is 0 Å². The SMILES string of the molecule is NS(=O)(=O)c1ccc(Nc2nc(NCCOCCOCCCC(=O)c3ccccc3)nc(Nc3ccc(O)cc3)n2)cc1. The van der Waals surface area contributed by atoms with Crippen molar-refractivity contribution in [3.8, 4) is 5.75 Å². The summed E-state index contributed by atoms with van der Waals surface area (Å²) in [5, 5.41) is 23.9. The third-order valence-corrected chi connectivity index (χ3v) is 6.82. The topological polar surface area (TPSA) is 191 Å². The molecule has 0 atom stereocenters. The number of carbonyl (C=O) groups excluding carboxylic acids is 1. The van der Waals surface area contributed by atoms with E-state index in [1.54, 1.807) is 24.3 Å². The lowest BCUT2D eigenvalue weighted by atomic mass is 10.1. The number of aromatic hydroxyl groups is 1. The van der Waals surface area contributed by atoms with Gasteiger partial charge in [0.05, 0.1) is 24.7 Å². The van der Waals surface area contributed by atoms with Crippen LogP contribution < -0.4 is 21.1 Å². The molecule has 0 saturated carbocycles. The maximum atomic E-state index is 12.1. The van der Waals surface area contributed by atoms with Gasteiger partial charge in [0, 0.05) is 36.5 Å². The van der Waals surface area contributed by atoms with Crippen LogP contribution in [-0.4, -0.2) is 67.2 Å². The van der Waals surface area contributed by atoms with Crippen molar-refractivity contribution in [3.63, 3.8) is 0 Å². The van der Waals surface area contributed by atoms with Gasteiger partial charge in [0.25, 0.3) is 0 Å². The molecule has 0 aliphatic heterocycles. The summed E-state index contributed by atoms with van der Waals surface area (Å²) in [6.45, 7) is 2.03. The number of phenols is 1. The lowest BCUT2D eigenvalue weighted by molar-refractivity contribution is 0.0497. The molecule has 0 fully saturated rings. The Kier molecular flexibility index (Phi) is 11.3. The van der Waals surface area contributed by atoms with Crippen LogP contribution in [0.4, 0.5) is 29.2 Å². The average Bonchev–Trinajstić information content (AvgIpc) is 2.99. The van der Waals surface area contributed by atoms with E-state index in [-0.39, 0.29) is 34.3 Å². The molecule has 4 aromatic rings. The van der Waals surface area contributed by atoms with E-state index in [0.717, 1.165) is 0 Å². The van der Waals surface area contributed by atoms with Crippen LogP contribution in [0.25, 0.3) is 0 Å². The maximum Gasteiger partial charge on any atom is 0.238 e. The third kappa shape index (κ3) is 10.6. The van der Waals surface area contributed by atoms with Gasteiger partial charge in [0.2, 0.25) is 27.9 Å². The number of carbonyl (C=O) groups is 1. The van der Waals surface area contributed by atoms with Gasteiger partial charge in [-0.05, 0) is 55.0 Å². The van der Waals surface area contributed by atoms with Gasteiger partial charge >= 0.3 is 0 Å². The second kappa shape index (κ2) is 15.6. The van der Waals surface area contributed by atoms with E-state index in [0.29, 0.717) is 62.8 Å². The van der Waals surface area contributed by atoms with E-state index in [2.05, 4.69) is 30.9 Å². The molecule has 3 aromatic carbocycles. The smallest absolute Gasteiger partial charge is 0.238 e. The first-order valence-corrected chi connectivity index (χ1v) is 15.0. The number of hydrogen-bond donors (Lipinski definition) is 5. The molecule has 0 saturated heterocycles. The molecule has 14 heteroatoms. The number of nitrogens with zero attached hydrogens (tertiary/aromatic N) is 3. The van der Waals surface area contributed by atoms with Gasteiger partial charge in [-0.3, -0.25) is 4.79 Å². The molecule has 6 N–H and O–H groups in total. The van der Waals surface area contributed by atoms with Gasteiger partial charge < -0.3 is 30.5 Å². The molecular weight excluding hydrogens is 574 g/mol. The Morgan fingerprint density at radius 2 is 1.30 bits per heavy atom. The van der Waals surface area contributed by atoms with Gasteiger partial charge in [-0.1, -0.05) is 30.3 Å². The average molecular weight is 608 g/mol. The van der Waals surface area contributed by atoms with Crippen molar-refractivity contribution in [2.24, 2.45) is 5.14 Å². The normalized spacial score (nSPS) is 11.2. The molecule has 0 aliphatic rings. The standard InChI is InChI=1S/C29H33N7O6S/c30-43(39,40)25-14-10-23(11-15-25)33-29-35-27(34-28(36-29)32-22-8-12-24(37)13-9-22)31-16-18-42-20-19-41-17-4-7-26(38)21-5-2-1-3-6-21/h1-3,5-6,8-15,37H,4,7,16-20H2,(H2,30,39,40)(H3,31,32,33,34,35,36). The number of phenolic OH excluding ortho intramolecular Hbond substituents is 1. The lowest BCUT2D eigenvalue weighted by Crippen LogP contribution is -2.15. The van der Waals surface area contributed by atoms with Crippen LogP contribution in [0.5, 0.6) is 5.75 Å².